The molecule has 0 radical (unpaired) electrons. The molecule has 5 heteroatoms. The Kier molecular flexibility index (Phi) is 5.14. The van der Waals surface area contributed by atoms with Crippen molar-refractivity contribution in [3.63, 3.8) is 0 Å². The fourth-order valence-electron chi connectivity index (χ4n) is 3.08. The maximum atomic E-state index is 12.8. The largest absolute Gasteiger partial charge is 0.370 e. The number of aryl methyl sites for hydroxylation is 2. The minimum Gasteiger partial charge on any atom is -0.370 e. The first kappa shape index (κ1) is 17.3. The van der Waals surface area contributed by atoms with E-state index in [1.54, 1.807) is 6.07 Å². The van der Waals surface area contributed by atoms with Gasteiger partial charge in [0.05, 0.1) is 13.2 Å². The highest BCUT2D eigenvalue weighted by Gasteiger charge is 2.26. The minimum atomic E-state index is -0.218. The third kappa shape index (κ3) is 3.92. The molecule has 2 aromatic rings. The zero-order valence-electron chi connectivity index (χ0n) is 13.7. The number of nitrogens with zero attached hydrogens (tertiary/aromatic N) is 1. The highest BCUT2D eigenvalue weighted by Crippen LogP contribution is 2.28. The molecule has 0 N–H and O–H groups in total. The Balaban J connectivity index is 1.81. The van der Waals surface area contributed by atoms with Crippen molar-refractivity contribution in [2.24, 2.45) is 0 Å². The third-order valence-electron chi connectivity index (χ3n) is 4.08. The first-order chi connectivity index (χ1) is 11.4. The molecule has 24 heavy (non-hydrogen) atoms. The van der Waals surface area contributed by atoms with Crippen molar-refractivity contribution < 1.29 is 9.53 Å². The molecule has 0 bridgehead atoms. The van der Waals surface area contributed by atoms with Gasteiger partial charge in [0.2, 0.25) is 0 Å². The number of carbonyl (C=O) groups excluding carboxylic acids is 1. The summed E-state index contributed by atoms with van der Waals surface area (Å²) in [6.45, 7) is 5.56. The molecule has 1 unspecified atom stereocenters. The first-order valence-corrected chi connectivity index (χ1v) is 8.63. The zero-order chi connectivity index (χ0) is 17.3. The molecular formula is C19H19Cl2NO2. The van der Waals surface area contributed by atoms with Crippen molar-refractivity contribution in [1.82, 2.24) is 4.90 Å². The molecule has 1 fully saturated rings. The summed E-state index contributed by atoms with van der Waals surface area (Å²) in [6.07, 6.45) is -0.218. The van der Waals surface area contributed by atoms with Gasteiger partial charge in [-0.25, -0.2) is 0 Å². The molecule has 0 saturated carbocycles. The van der Waals surface area contributed by atoms with E-state index < -0.39 is 0 Å². The molecule has 1 saturated heterocycles. The summed E-state index contributed by atoms with van der Waals surface area (Å²) in [5.74, 6) is 0.0308. The van der Waals surface area contributed by atoms with Crippen LogP contribution in [0.3, 0.4) is 0 Å². The fourth-order valence-corrected chi connectivity index (χ4v) is 3.62. The SMILES string of the molecule is Cc1cc(C)cc(C(=O)N2CCOC(c3cc(Cl)cc(Cl)c3)C2)c1. The van der Waals surface area contributed by atoms with Crippen LogP contribution in [-0.2, 0) is 4.74 Å². The maximum Gasteiger partial charge on any atom is 0.254 e. The molecule has 1 aliphatic heterocycles. The molecule has 2 aromatic carbocycles. The lowest BCUT2D eigenvalue weighted by Gasteiger charge is -2.33. The second-order valence-electron chi connectivity index (χ2n) is 6.19. The smallest absolute Gasteiger partial charge is 0.254 e. The van der Waals surface area contributed by atoms with E-state index in [9.17, 15) is 4.79 Å². The van der Waals surface area contributed by atoms with Crippen molar-refractivity contribution in [2.45, 2.75) is 20.0 Å². The topological polar surface area (TPSA) is 29.5 Å². The van der Waals surface area contributed by atoms with Crippen LogP contribution in [0.1, 0.15) is 33.2 Å². The van der Waals surface area contributed by atoms with Crippen LogP contribution >= 0.6 is 23.2 Å². The Morgan fingerprint density at radius 3 is 2.29 bits per heavy atom. The molecular weight excluding hydrogens is 345 g/mol. The molecule has 3 rings (SSSR count). The molecule has 1 amide bonds. The Morgan fingerprint density at radius 2 is 1.67 bits per heavy atom. The van der Waals surface area contributed by atoms with Crippen LogP contribution in [0.25, 0.3) is 0 Å². The summed E-state index contributed by atoms with van der Waals surface area (Å²) in [5.41, 5.74) is 3.79. The number of benzene rings is 2. The molecule has 1 aliphatic rings. The van der Waals surface area contributed by atoms with Gasteiger partial charge in [-0.1, -0.05) is 40.4 Å². The number of ether oxygens (including phenoxy) is 1. The van der Waals surface area contributed by atoms with Crippen LogP contribution in [0.5, 0.6) is 0 Å². The standard InChI is InChI=1S/C19H19Cl2NO2/c1-12-5-13(2)7-15(6-12)19(23)22-3-4-24-18(11-22)14-8-16(20)10-17(21)9-14/h5-10,18H,3-4,11H2,1-2H3. The quantitative estimate of drug-likeness (QED) is 0.764. The summed E-state index contributed by atoms with van der Waals surface area (Å²) >= 11 is 12.2. The number of morpholine rings is 1. The van der Waals surface area contributed by atoms with E-state index in [4.69, 9.17) is 27.9 Å². The average molecular weight is 364 g/mol. The lowest BCUT2D eigenvalue weighted by Crippen LogP contribution is -2.42. The molecule has 1 heterocycles. The highest BCUT2D eigenvalue weighted by atomic mass is 35.5. The second-order valence-corrected chi connectivity index (χ2v) is 7.06. The Hall–Kier alpha value is -1.55. The minimum absolute atomic E-state index is 0.0308. The van der Waals surface area contributed by atoms with Crippen LogP contribution in [0.2, 0.25) is 10.0 Å². The van der Waals surface area contributed by atoms with Gasteiger partial charge in [0.25, 0.3) is 5.91 Å². The Bertz CT molecular complexity index is 735. The van der Waals surface area contributed by atoms with Crippen LogP contribution in [0, 0.1) is 13.8 Å². The summed E-state index contributed by atoms with van der Waals surface area (Å²) < 4.78 is 5.83. The summed E-state index contributed by atoms with van der Waals surface area (Å²) in [6, 6.07) is 11.3. The van der Waals surface area contributed by atoms with E-state index in [1.165, 1.54) is 0 Å². The predicted octanol–water partition coefficient (Wildman–Crippen LogP) is 4.82. The highest BCUT2D eigenvalue weighted by molar-refractivity contribution is 6.34. The van der Waals surface area contributed by atoms with E-state index in [-0.39, 0.29) is 12.0 Å². The van der Waals surface area contributed by atoms with Crippen molar-refractivity contribution in [2.75, 3.05) is 19.7 Å². The lowest BCUT2D eigenvalue weighted by atomic mass is 10.0. The van der Waals surface area contributed by atoms with Gasteiger partial charge in [0.15, 0.2) is 0 Å². The Labute approximate surface area is 152 Å². The number of hydrogen-bond acceptors (Lipinski definition) is 2. The van der Waals surface area contributed by atoms with Gasteiger partial charge < -0.3 is 9.64 Å². The molecule has 0 aromatic heterocycles. The summed E-state index contributed by atoms with van der Waals surface area (Å²) in [7, 11) is 0. The number of halogens is 2. The summed E-state index contributed by atoms with van der Waals surface area (Å²) in [4.78, 5) is 14.7. The fraction of sp³-hybridized carbons (Fsp3) is 0.316. The monoisotopic (exact) mass is 363 g/mol. The number of rotatable bonds is 2. The molecule has 0 spiro atoms. The van der Waals surface area contributed by atoms with E-state index in [0.717, 1.165) is 22.3 Å². The predicted molar refractivity (Wildman–Crippen MR) is 97.0 cm³/mol. The van der Waals surface area contributed by atoms with Gasteiger partial charge in [-0.3, -0.25) is 4.79 Å². The second kappa shape index (κ2) is 7.14. The molecule has 3 nitrogen and oxygen atoms in total. The zero-order valence-corrected chi connectivity index (χ0v) is 15.2. The lowest BCUT2D eigenvalue weighted by molar-refractivity contribution is -0.0228. The normalized spacial score (nSPS) is 17.8. The van der Waals surface area contributed by atoms with Gasteiger partial charge in [-0.05, 0) is 49.7 Å². The Morgan fingerprint density at radius 1 is 1.04 bits per heavy atom. The van der Waals surface area contributed by atoms with E-state index in [1.807, 2.05) is 43.0 Å². The molecule has 126 valence electrons. The van der Waals surface area contributed by atoms with Gasteiger partial charge >= 0.3 is 0 Å². The van der Waals surface area contributed by atoms with Crippen molar-refractivity contribution in [3.8, 4) is 0 Å². The third-order valence-corrected chi connectivity index (χ3v) is 4.52. The van der Waals surface area contributed by atoms with Crippen LogP contribution in [0.4, 0.5) is 0 Å². The molecule has 1 atom stereocenters. The number of amides is 1. The van der Waals surface area contributed by atoms with Gasteiger partial charge in [-0.15, -0.1) is 0 Å². The van der Waals surface area contributed by atoms with E-state index in [2.05, 4.69) is 6.07 Å². The first-order valence-electron chi connectivity index (χ1n) is 7.87. The van der Waals surface area contributed by atoms with Gasteiger partial charge in [0, 0.05) is 22.2 Å². The van der Waals surface area contributed by atoms with E-state index in [0.29, 0.717) is 29.7 Å². The number of hydrogen-bond donors (Lipinski definition) is 0. The van der Waals surface area contributed by atoms with Crippen LogP contribution in [0.15, 0.2) is 36.4 Å². The van der Waals surface area contributed by atoms with E-state index >= 15 is 0 Å². The van der Waals surface area contributed by atoms with Crippen molar-refractivity contribution in [3.05, 3.63) is 68.7 Å². The van der Waals surface area contributed by atoms with Gasteiger partial charge in [-0.2, -0.15) is 0 Å². The summed E-state index contributed by atoms with van der Waals surface area (Å²) in [5, 5.41) is 1.14. The van der Waals surface area contributed by atoms with Gasteiger partial charge in [0.1, 0.15) is 6.10 Å². The average Bonchev–Trinajstić information content (AvgIpc) is 2.52. The molecule has 0 aliphatic carbocycles. The van der Waals surface area contributed by atoms with Crippen LogP contribution < -0.4 is 0 Å². The van der Waals surface area contributed by atoms with Crippen LogP contribution in [-0.4, -0.2) is 30.5 Å². The van der Waals surface area contributed by atoms with Crippen molar-refractivity contribution in [1.29, 1.82) is 0 Å². The maximum absolute atomic E-state index is 12.8. The number of carbonyl (C=O) groups is 1. The van der Waals surface area contributed by atoms with Crippen molar-refractivity contribution >= 4 is 29.1 Å².